The van der Waals surface area contributed by atoms with Crippen LogP contribution in [0.3, 0.4) is 0 Å². The molecule has 0 fully saturated rings. The second kappa shape index (κ2) is 6.60. The number of nitro benzene ring substituents is 1. The van der Waals surface area contributed by atoms with E-state index in [4.69, 9.17) is 5.73 Å². The molecule has 0 unspecified atom stereocenters. The highest BCUT2D eigenvalue weighted by Crippen LogP contribution is 2.23. The quantitative estimate of drug-likeness (QED) is 0.584. The van der Waals surface area contributed by atoms with Crippen molar-refractivity contribution in [3.8, 4) is 0 Å². The molecule has 0 aromatic heterocycles. The van der Waals surface area contributed by atoms with Crippen molar-refractivity contribution in [2.75, 3.05) is 16.8 Å². The van der Waals surface area contributed by atoms with Gasteiger partial charge in [-0.05, 0) is 6.07 Å². The summed E-state index contributed by atoms with van der Waals surface area (Å²) in [6.45, 7) is 0. The van der Waals surface area contributed by atoms with E-state index in [1.165, 1.54) is 18.2 Å². The second-order valence-corrected chi connectivity index (χ2v) is 4.27. The summed E-state index contributed by atoms with van der Waals surface area (Å²) in [5.41, 5.74) is 4.87. The number of primary amides is 1. The second-order valence-electron chi connectivity index (χ2n) is 3.28. The molecule has 1 aromatic rings. The van der Waals surface area contributed by atoms with Crippen LogP contribution in [-0.4, -0.2) is 28.2 Å². The lowest BCUT2D eigenvalue weighted by Crippen LogP contribution is -2.18. The number of amides is 2. The van der Waals surface area contributed by atoms with E-state index in [0.717, 1.165) is 11.8 Å². The first-order chi connectivity index (χ1) is 8.50. The number of carbonyl (C=O) groups excluding carboxylic acids is 2. The molecule has 96 valence electrons. The lowest BCUT2D eigenvalue weighted by molar-refractivity contribution is -0.383. The number of rotatable bonds is 6. The SMILES string of the molecule is NC(=O)CSCC(=O)Nc1ccccc1[N+](=O)[O-]. The van der Waals surface area contributed by atoms with Gasteiger partial charge in [0.15, 0.2) is 0 Å². The summed E-state index contributed by atoms with van der Waals surface area (Å²) in [7, 11) is 0. The number of hydrogen-bond acceptors (Lipinski definition) is 5. The molecule has 1 aromatic carbocycles. The van der Waals surface area contributed by atoms with Gasteiger partial charge in [-0.25, -0.2) is 0 Å². The molecule has 0 saturated carbocycles. The Balaban J connectivity index is 2.59. The maximum absolute atomic E-state index is 11.5. The molecule has 0 bridgehead atoms. The van der Waals surface area contributed by atoms with Gasteiger partial charge in [0.05, 0.1) is 16.4 Å². The first-order valence-electron chi connectivity index (χ1n) is 4.90. The molecule has 18 heavy (non-hydrogen) atoms. The van der Waals surface area contributed by atoms with Crippen LogP contribution in [0.15, 0.2) is 24.3 Å². The highest BCUT2D eigenvalue weighted by molar-refractivity contribution is 8.00. The molecule has 3 N–H and O–H groups in total. The maximum atomic E-state index is 11.5. The third kappa shape index (κ3) is 4.42. The molecule has 8 heteroatoms. The average Bonchev–Trinajstić information content (AvgIpc) is 2.28. The van der Waals surface area contributed by atoms with Gasteiger partial charge in [-0.2, -0.15) is 0 Å². The summed E-state index contributed by atoms with van der Waals surface area (Å²) < 4.78 is 0. The van der Waals surface area contributed by atoms with Crippen molar-refractivity contribution in [2.45, 2.75) is 0 Å². The van der Waals surface area contributed by atoms with E-state index in [1.54, 1.807) is 6.07 Å². The van der Waals surface area contributed by atoms with Crippen LogP contribution in [0.2, 0.25) is 0 Å². The van der Waals surface area contributed by atoms with E-state index in [0.29, 0.717) is 0 Å². The molecule has 1 rings (SSSR count). The summed E-state index contributed by atoms with van der Waals surface area (Å²) in [5, 5.41) is 13.1. The number of nitrogens with one attached hydrogen (secondary N) is 1. The number of carbonyl (C=O) groups is 2. The van der Waals surface area contributed by atoms with Crippen molar-refractivity contribution >= 4 is 35.0 Å². The highest BCUT2D eigenvalue weighted by atomic mass is 32.2. The molecule has 2 amide bonds. The fraction of sp³-hybridized carbons (Fsp3) is 0.200. The van der Waals surface area contributed by atoms with E-state index >= 15 is 0 Å². The number of para-hydroxylation sites is 2. The molecular weight excluding hydrogens is 258 g/mol. The molecule has 0 aliphatic carbocycles. The Bertz CT molecular complexity index is 478. The summed E-state index contributed by atoms with van der Waals surface area (Å²) in [4.78, 5) is 32.0. The Labute approximate surface area is 107 Å². The molecule has 0 aliphatic rings. The number of hydrogen-bond donors (Lipinski definition) is 2. The summed E-state index contributed by atoms with van der Waals surface area (Å²) >= 11 is 1.05. The van der Waals surface area contributed by atoms with Gasteiger partial charge < -0.3 is 11.1 Å². The predicted octanol–water partition coefficient (Wildman–Crippen LogP) is 0.752. The minimum absolute atomic E-state index is 0.00892. The molecule has 0 aliphatic heterocycles. The summed E-state index contributed by atoms with van der Waals surface area (Å²) in [6, 6.07) is 5.83. The third-order valence-corrected chi connectivity index (χ3v) is 2.81. The van der Waals surface area contributed by atoms with Crippen molar-refractivity contribution in [1.82, 2.24) is 0 Å². The first kappa shape index (κ1) is 14.0. The van der Waals surface area contributed by atoms with Crippen LogP contribution in [0.25, 0.3) is 0 Å². The minimum Gasteiger partial charge on any atom is -0.369 e. The van der Waals surface area contributed by atoms with Crippen molar-refractivity contribution in [2.24, 2.45) is 5.73 Å². The molecule has 0 atom stereocenters. The highest BCUT2D eigenvalue weighted by Gasteiger charge is 2.14. The van der Waals surface area contributed by atoms with Crippen LogP contribution in [0.1, 0.15) is 0 Å². The number of thioether (sulfide) groups is 1. The van der Waals surface area contributed by atoms with E-state index in [2.05, 4.69) is 5.32 Å². The molecular formula is C10H11N3O4S. The summed E-state index contributed by atoms with van der Waals surface area (Å²) in [5.74, 6) is -0.895. The standard InChI is InChI=1S/C10H11N3O4S/c11-9(14)5-18-6-10(15)12-7-3-1-2-4-8(7)13(16)17/h1-4H,5-6H2,(H2,11,14)(H,12,15). The van der Waals surface area contributed by atoms with Crippen LogP contribution in [0.5, 0.6) is 0 Å². The Morgan fingerprint density at radius 2 is 2.00 bits per heavy atom. The van der Waals surface area contributed by atoms with Gasteiger partial charge in [0, 0.05) is 6.07 Å². The smallest absolute Gasteiger partial charge is 0.292 e. The van der Waals surface area contributed by atoms with Crippen LogP contribution in [-0.2, 0) is 9.59 Å². The molecule has 0 saturated heterocycles. The third-order valence-electron chi connectivity index (χ3n) is 1.85. The first-order valence-corrected chi connectivity index (χ1v) is 6.05. The number of benzene rings is 1. The van der Waals surface area contributed by atoms with Crippen molar-refractivity contribution in [1.29, 1.82) is 0 Å². The van der Waals surface area contributed by atoms with Crippen LogP contribution < -0.4 is 11.1 Å². The van der Waals surface area contributed by atoms with E-state index < -0.39 is 16.7 Å². The van der Waals surface area contributed by atoms with E-state index in [-0.39, 0.29) is 22.9 Å². The number of anilines is 1. The van der Waals surface area contributed by atoms with Gasteiger partial charge in [0.1, 0.15) is 5.69 Å². The van der Waals surface area contributed by atoms with Gasteiger partial charge in [0.2, 0.25) is 11.8 Å². The molecule has 0 radical (unpaired) electrons. The zero-order valence-electron chi connectivity index (χ0n) is 9.29. The molecule has 0 spiro atoms. The zero-order valence-corrected chi connectivity index (χ0v) is 10.1. The summed E-state index contributed by atoms with van der Waals surface area (Å²) in [6.07, 6.45) is 0. The van der Waals surface area contributed by atoms with Crippen molar-refractivity contribution in [3.63, 3.8) is 0 Å². The van der Waals surface area contributed by atoms with Crippen molar-refractivity contribution < 1.29 is 14.5 Å². The van der Waals surface area contributed by atoms with Gasteiger partial charge >= 0.3 is 0 Å². The normalized spacial score (nSPS) is 9.78. The van der Waals surface area contributed by atoms with Crippen LogP contribution in [0, 0.1) is 10.1 Å². The zero-order chi connectivity index (χ0) is 13.5. The Kier molecular flexibility index (Phi) is 5.12. The lowest BCUT2D eigenvalue weighted by Gasteiger charge is -2.04. The average molecular weight is 269 g/mol. The Morgan fingerprint density at radius 1 is 1.33 bits per heavy atom. The molecule has 7 nitrogen and oxygen atoms in total. The van der Waals surface area contributed by atoms with Crippen LogP contribution in [0.4, 0.5) is 11.4 Å². The fourth-order valence-electron chi connectivity index (χ4n) is 1.17. The fourth-order valence-corrected chi connectivity index (χ4v) is 1.73. The maximum Gasteiger partial charge on any atom is 0.292 e. The van der Waals surface area contributed by atoms with Crippen molar-refractivity contribution in [3.05, 3.63) is 34.4 Å². The van der Waals surface area contributed by atoms with E-state index in [1.807, 2.05) is 0 Å². The lowest BCUT2D eigenvalue weighted by atomic mass is 10.2. The largest absolute Gasteiger partial charge is 0.369 e. The van der Waals surface area contributed by atoms with Crippen LogP contribution >= 0.6 is 11.8 Å². The predicted molar refractivity (Wildman–Crippen MR) is 68.2 cm³/mol. The van der Waals surface area contributed by atoms with Gasteiger partial charge in [-0.15, -0.1) is 11.8 Å². The number of nitro groups is 1. The Morgan fingerprint density at radius 3 is 2.61 bits per heavy atom. The molecule has 0 heterocycles. The van der Waals surface area contributed by atoms with Gasteiger partial charge in [0.25, 0.3) is 5.69 Å². The monoisotopic (exact) mass is 269 g/mol. The minimum atomic E-state index is -0.577. The van der Waals surface area contributed by atoms with E-state index in [9.17, 15) is 19.7 Å². The van der Waals surface area contributed by atoms with Gasteiger partial charge in [-0.3, -0.25) is 19.7 Å². The Hall–Kier alpha value is -2.09. The number of nitrogens with two attached hydrogens (primary N) is 1. The van der Waals surface area contributed by atoms with Gasteiger partial charge in [-0.1, -0.05) is 12.1 Å². The topological polar surface area (TPSA) is 115 Å². The number of nitrogens with zero attached hydrogens (tertiary/aromatic N) is 1.